The summed E-state index contributed by atoms with van der Waals surface area (Å²) in [7, 11) is 3.17. The number of rotatable bonds is 3. The third-order valence-electron chi connectivity index (χ3n) is 2.60. The maximum Gasteiger partial charge on any atom is 0.256 e. The van der Waals surface area contributed by atoms with Crippen LogP contribution in [-0.2, 0) is 5.54 Å². The second-order valence-corrected chi connectivity index (χ2v) is 3.59. The van der Waals surface area contributed by atoms with Crippen molar-refractivity contribution in [2.24, 2.45) is 5.73 Å². The van der Waals surface area contributed by atoms with Gasteiger partial charge in [-0.05, 0) is 24.5 Å². The minimum absolute atomic E-state index is 0.174. The van der Waals surface area contributed by atoms with Crippen LogP contribution in [0.1, 0.15) is 18.4 Å². The smallest absolute Gasteiger partial charge is 0.256 e. The number of nitrogens with zero attached hydrogens (tertiary/aromatic N) is 1. The Balaban J connectivity index is 2.36. The lowest BCUT2D eigenvalue weighted by molar-refractivity contribution is 0.342. The molecular formula is C10H14N2O2. The molecule has 1 fully saturated rings. The summed E-state index contributed by atoms with van der Waals surface area (Å²) in [6.45, 7) is 0. The molecule has 1 aliphatic rings. The molecule has 0 atom stereocenters. The van der Waals surface area contributed by atoms with Gasteiger partial charge in [0.2, 0.25) is 0 Å². The third kappa shape index (κ3) is 1.42. The van der Waals surface area contributed by atoms with Crippen LogP contribution in [0.2, 0.25) is 0 Å². The first-order valence-corrected chi connectivity index (χ1v) is 4.57. The Kier molecular flexibility index (Phi) is 2.07. The Morgan fingerprint density at radius 2 is 2.07 bits per heavy atom. The molecule has 0 amide bonds. The zero-order chi connectivity index (χ0) is 10.2. The van der Waals surface area contributed by atoms with Gasteiger partial charge in [-0.15, -0.1) is 0 Å². The Morgan fingerprint density at radius 1 is 1.36 bits per heavy atom. The molecule has 1 saturated carbocycles. The highest BCUT2D eigenvalue weighted by Crippen LogP contribution is 2.44. The Hall–Kier alpha value is -1.29. The van der Waals surface area contributed by atoms with E-state index in [9.17, 15) is 0 Å². The van der Waals surface area contributed by atoms with Gasteiger partial charge in [-0.2, -0.15) is 0 Å². The summed E-state index contributed by atoms with van der Waals surface area (Å²) in [6, 6.07) is 1.90. The molecule has 0 aromatic carbocycles. The van der Waals surface area contributed by atoms with Crippen LogP contribution >= 0.6 is 0 Å². The molecule has 1 aromatic rings. The Labute approximate surface area is 83.0 Å². The standard InChI is InChI=1S/C10H14N2O2/c1-13-8-5-7(10(11)3-4-10)6-12-9(8)14-2/h5-6H,3-4,11H2,1-2H3. The van der Waals surface area contributed by atoms with Crippen molar-refractivity contribution in [1.82, 2.24) is 4.98 Å². The van der Waals surface area contributed by atoms with Crippen molar-refractivity contribution in [1.29, 1.82) is 0 Å². The van der Waals surface area contributed by atoms with Crippen LogP contribution < -0.4 is 15.2 Å². The van der Waals surface area contributed by atoms with E-state index < -0.39 is 0 Å². The summed E-state index contributed by atoms with van der Waals surface area (Å²) in [5.74, 6) is 1.14. The second kappa shape index (κ2) is 3.13. The molecule has 2 rings (SSSR count). The van der Waals surface area contributed by atoms with Crippen molar-refractivity contribution in [3.8, 4) is 11.6 Å². The highest BCUT2D eigenvalue weighted by molar-refractivity contribution is 5.40. The summed E-state index contributed by atoms with van der Waals surface area (Å²) < 4.78 is 10.2. The normalized spacial score (nSPS) is 17.6. The molecule has 0 bridgehead atoms. The third-order valence-corrected chi connectivity index (χ3v) is 2.60. The predicted octanol–water partition coefficient (Wildman–Crippen LogP) is 1.05. The van der Waals surface area contributed by atoms with Crippen LogP contribution in [0, 0.1) is 0 Å². The average Bonchev–Trinajstić information content (AvgIpc) is 2.97. The van der Waals surface area contributed by atoms with E-state index in [2.05, 4.69) is 4.98 Å². The monoisotopic (exact) mass is 194 g/mol. The molecule has 1 aromatic heterocycles. The van der Waals surface area contributed by atoms with Crippen molar-refractivity contribution in [2.45, 2.75) is 18.4 Å². The quantitative estimate of drug-likeness (QED) is 0.781. The molecule has 76 valence electrons. The van der Waals surface area contributed by atoms with Crippen LogP contribution in [0.4, 0.5) is 0 Å². The Bertz CT molecular complexity index is 348. The van der Waals surface area contributed by atoms with Crippen LogP contribution in [-0.4, -0.2) is 19.2 Å². The number of aromatic nitrogens is 1. The van der Waals surface area contributed by atoms with E-state index in [-0.39, 0.29) is 5.54 Å². The highest BCUT2D eigenvalue weighted by atomic mass is 16.5. The number of methoxy groups -OCH3 is 2. The van der Waals surface area contributed by atoms with Crippen molar-refractivity contribution < 1.29 is 9.47 Å². The first kappa shape index (κ1) is 9.27. The molecule has 0 unspecified atom stereocenters. The largest absolute Gasteiger partial charge is 0.491 e. The minimum Gasteiger partial charge on any atom is -0.491 e. The zero-order valence-corrected chi connectivity index (χ0v) is 8.41. The number of hydrogen-bond donors (Lipinski definition) is 1. The Morgan fingerprint density at radius 3 is 2.57 bits per heavy atom. The summed E-state index contributed by atoms with van der Waals surface area (Å²) in [6.07, 6.45) is 3.79. The predicted molar refractivity (Wildman–Crippen MR) is 52.4 cm³/mol. The van der Waals surface area contributed by atoms with Gasteiger partial charge in [-0.1, -0.05) is 0 Å². The minimum atomic E-state index is -0.174. The van der Waals surface area contributed by atoms with E-state index in [1.807, 2.05) is 6.07 Å². The summed E-state index contributed by atoms with van der Waals surface area (Å²) in [5.41, 5.74) is 6.90. The van der Waals surface area contributed by atoms with E-state index in [0.717, 1.165) is 18.4 Å². The van der Waals surface area contributed by atoms with Gasteiger partial charge < -0.3 is 15.2 Å². The lowest BCUT2D eigenvalue weighted by atomic mass is 10.1. The fourth-order valence-corrected chi connectivity index (χ4v) is 1.43. The molecular weight excluding hydrogens is 180 g/mol. The van der Waals surface area contributed by atoms with Crippen molar-refractivity contribution in [3.05, 3.63) is 17.8 Å². The number of pyridine rings is 1. The first-order valence-electron chi connectivity index (χ1n) is 4.57. The zero-order valence-electron chi connectivity index (χ0n) is 8.41. The van der Waals surface area contributed by atoms with Gasteiger partial charge >= 0.3 is 0 Å². The molecule has 4 heteroatoms. The SMILES string of the molecule is COc1cc(C2(N)CC2)cnc1OC. The average molecular weight is 194 g/mol. The molecule has 1 heterocycles. The maximum absolute atomic E-state index is 6.05. The van der Waals surface area contributed by atoms with E-state index in [1.54, 1.807) is 20.4 Å². The summed E-state index contributed by atoms with van der Waals surface area (Å²) in [5, 5.41) is 0. The van der Waals surface area contributed by atoms with Crippen LogP contribution in [0.25, 0.3) is 0 Å². The summed E-state index contributed by atoms with van der Waals surface area (Å²) in [4.78, 5) is 4.15. The summed E-state index contributed by atoms with van der Waals surface area (Å²) >= 11 is 0. The molecule has 0 aliphatic heterocycles. The van der Waals surface area contributed by atoms with Crippen LogP contribution in [0.15, 0.2) is 12.3 Å². The molecule has 2 N–H and O–H groups in total. The number of nitrogens with two attached hydrogens (primary N) is 1. The number of hydrogen-bond acceptors (Lipinski definition) is 4. The molecule has 1 aliphatic carbocycles. The van der Waals surface area contributed by atoms with E-state index in [4.69, 9.17) is 15.2 Å². The number of ether oxygens (including phenoxy) is 2. The molecule has 0 radical (unpaired) electrons. The topological polar surface area (TPSA) is 57.4 Å². The van der Waals surface area contributed by atoms with Gasteiger partial charge in [0.05, 0.1) is 14.2 Å². The lowest BCUT2D eigenvalue weighted by Crippen LogP contribution is -2.19. The van der Waals surface area contributed by atoms with Crippen molar-refractivity contribution >= 4 is 0 Å². The second-order valence-electron chi connectivity index (χ2n) is 3.59. The fourth-order valence-electron chi connectivity index (χ4n) is 1.43. The molecule has 4 nitrogen and oxygen atoms in total. The van der Waals surface area contributed by atoms with E-state index >= 15 is 0 Å². The fraction of sp³-hybridized carbons (Fsp3) is 0.500. The lowest BCUT2D eigenvalue weighted by Gasteiger charge is -2.12. The van der Waals surface area contributed by atoms with Gasteiger partial charge in [0.1, 0.15) is 0 Å². The molecule has 0 spiro atoms. The van der Waals surface area contributed by atoms with Crippen LogP contribution in [0.5, 0.6) is 11.6 Å². The van der Waals surface area contributed by atoms with Gasteiger partial charge in [-0.3, -0.25) is 0 Å². The molecule has 14 heavy (non-hydrogen) atoms. The molecule has 0 saturated heterocycles. The maximum atomic E-state index is 6.05. The highest BCUT2D eigenvalue weighted by Gasteiger charge is 2.40. The van der Waals surface area contributed by atoms with E-state index in [1.165, 1.54) is 0 Å². The van der Waals surface area contributed by atoms with Crippen molar-refractivity contribution in [3.63, 3.8) is 0 Å². The van der Waals surface area contributed by atoms with Gasteiger partial charge in [0, 0.05) is 11.7 Å². The van der Waals surface area contributed by atoms with Crippen molar-refractivity contribution in [2.75, 3.05) is 14.2 Å². The first-order chi connectivity index (χ1) is 6.69. The van der Waals surface area contributed by atoms with Gasteiger partial charge in [0.25, 0.3) is 5.88 Å². The van der Waals surface area contributed by atoms with E-state index in [0.29, 0.717) is 11.6 Å². The van der Waals surface area contributed by atoms with Crippen LogP contribution in [0.3, 0.4) is 0 Å². The van der Waals surface area contributed by atoms with Gasteiger partial charge in [-0.25, -0.2) is 4.98 Å². The van der Waals surface area contributed by atoms with Gasteiger partial charge in [0.15, 0.2) is 5.75 Å².